The monoisotopic (exact) mass is 159 g/mol. The maximum Gasteiger partial charge on any atom is 0.0660 e. The predicted octanol–water partition coefficient (Wildman–Crippen LogP) is 3.22. The standard InChI is InChI=1S/C11H13N/c1-4-9-6-7-10(5-2)11(8-9)12-3/h4,6-8H,1,3,5H2,2H3. The summed E-state index contributed by atoms with van der Waals surface area (Å²) >= 11 is 0. The summed E-state index contributed by atoms with van der Waals surface area (Å²) in [6.45, 7) is 9.34. The van der Waals surface area contributed by atoms with E-state index in [0.29, 0.717) is 0 Å². The third-order valence-corrected chi connectivity index (χ3v) is 1.90. The van der Waals surface area contributed by atoms with E-state index in [1.54, 1.807) is 0 Å². The van der Waals surface area contributed by atoms with E-state index >= 15 is 0 Å². The maximum atomic E-state index is 3.95. The first-order valence-electron chi connectivity index (χ1n) is 4.04. The van der Waals surface area contributed by atoms with Crippen molar-refractivity contribution >= 4 is 18.5 Å². The molecule has 0 spiro atoms. The van der Waals surface area contributed by atoms with Crippen molar-refractivity contribution in [3.63, 3.8) is 0 Å². The number of aliphatic imine (C=N–C) groups is 1. The second-order valence-electron chi connectivity index (χ2n) is 2.60. The first-order valence-corrected chi connectivity index (χ1v) is 4.04. The zero-order valence-corrected chi connectivity index (χ0v) is 7.38. The lowest BCUT2D eigenvalue weighted by Gasteiger charge is -2.02. The normalized spacial score (nSPS) is 9.42. The lowest BCUT2D eigenvalue weighted by molar-refractivity contribution is 1.13. The average Bonchev–Trinajstić information content (AvgIpc) is 2.16. The Morgan fingerprint density at radius 2 is 2.25 bits per heavy atom. The van der Waals surface area contributed by atoms with Gasteiger partial charge in [-0.05, 0) is 30.3 Å². The Labute approximate surface area is 73.5 Å². The molecule has 1 rings (SSSR count). The topological polar surface area (TPSA) is 12.4 Å². The summed E-state index contributed by atoms with van der Waals surface area (Å²) in [7, 11) is 0. The van der Waals surface area contributed by atoms with E-state index in [4.69, 9.17) is 0 Å². The fourth-order valence-electron chi connectivity index (χ4n) is 1.15. The molecule has 0 amide bonds. The van der Waals surface area contributed by atoms with Crippen LogP contribution in [0.25, 0.3) is 6.08 Å². The minimum absolute atomic E-state index is 0.968. The molecule has 62 valence electrons. The van der Waals surface area contributed by atoms with Gasteiger partial charge < -0.3 is 0 Å². The molecule has 1 nitrogen and oxygen atoms in total. The minimum Gasteiger partial charge on any atom is -0.264 e. The molecule has 0 aliphatic carbocycles. The van der Waals surface area contributed by atoms with Crippen molar-refractivity contribution in [2.45, 2.75) is 13.3 Å². The fraction of sp³-hybridized carbons (Fsp3) is 0.182. The van der Waals surface area contributed by atoms with Crippen LogP contribution in [0.3, 0.4) is 0 Å². The SMILES string of the molecule is C=Cc1ccc(CC)c(N=C)c1. The molecule has 0 N–H and O–H groups in total. The van der Waals surface area contributed by atoms with E-state index in [2.05, 4.69) is 31.3 Å². The predicted molar refractivity (Wildman–Crippen MR) is 55.1 cm³/mol. The van der Waals surface area contributed by atoms with Gasteiger partial charge in [-0.25, -0.2) is 0 Å². The maximum absolute atomic E-state index is 3.95. The molecule has 0 aliphatic heterocycles. The van der Waals surface area contributed by atoms with Crippen LogP contribution in [0.5, 0.6) is 0 Å². The van der Waals surface area contributed by atoms with Crippen molar-refractivity contribution in [3.8, 4) is 0 Å². The molecule has 0 saturated carbocycles. The second-order valence-corrected chi connectivity index (χ2v) is 2.60. The van der Waals surface area contributed by atoms with Crippen molar-refractivity contribution in [1.82, 2.24) is 0 Å². The smallest absolute Gasteiger partial charge is 0.0660 e. The van der Waals surface area contributed by atoms with Crippen LogP contribution in [0, 0.1) is 0 Å². The third kappa shape index (κ3) is 1.62. The molecule has 0 saturated heterocycles. The molecule has 0 aliphatic rings. The molecule has 0 bridgehead atoms. The summed E-state index contributed by atoms with van der Waals surface area (Å²) in [4.78, 5) is 3.95. The van der Waals surface area contributed by atoms with Gasteiger partial charge in [0.1, 0.15) is 0 Å². The minimum atomic E-state index is 0.968. The Morgan fingerprint density at radius 3 is 2.75 bits per heavy atom. The van der Waals surface area contributed by atoms with Crippen LogP contribution >= 0.6 is 0 Å². The van der Waals surface area contributed by atoms with Crippen LogP contribution in [-0.2, 0) is 6.42 Å². The molecule has 12 heavy (non-hydrogen) atoms. The third-order valence-electron chi connectivity index (χ3n) is 1.90. The van der Waals surface area contributed by atoms with E-state index in [-0.39, 0.29) is 0 Å². The van der Waals surface area contributed by atoms with Crippen molar-refractivity contribution in [1.29, 1.82) is 0 Å². The van der Waals surface area contributed by atoms with Gasteiger partial charge in [-0.15, -0.1) is 0 Å². The number of rotatable bonds is 3. The van der Waals surface area contributed by atoms with Crippen LogP contribution in [0.15, 0.2) is 29.8 Å². The van der Waals surface area contributed by atoms with Gasteiger partial charge in [-0.2, -0.15) is 0 Å². The van der Waals surface area contributed by atoms with Crippen LogP contribution in [0.1, 0.15) is 18.1 Å². The Kier molecular flexibility index (Phi) is 2.81. The fourth-order valence-corrected chi connectivity index (χ4v) is 1.15. The first-order chi connectivity index (χ1) is 5.81. The summed E-state index contributed by atoms with van der Waals surface area (Å²) in [5, 5.41) is 0. The van der Waals surface area contributed by atoms with E-state index in [1.165, 1.54) is 5.56 Å². The Hall–Kier alpha value is -1.37. The van der Waals surface area contributed by atoms with Gasteiger partial charge in [0, 0.05) is 0 Å². The van der Waals surface area contributed by atoms with E-state index in [1.807, 2.05) is 18.2 Å². The van der Waals surface area contributed by atoms with Gasteiger partial charge in [0.15, 0.2) is 0 Å². The van der Waals surface area contributed by atoms with Crippen molar-refractivity contribution in [3.05, 3.63) is 35.9 Å². The lowest BCUT2D eigenvalue weighted by Crippen LogP contribution is -1.81. The van der Waals surface area contributed by atoms with Gasteiger partial charge in [0.25, 0.3) is 0 Å². The van der Waals surface area contributed by atoms with Gasteiger partial charge in [-0.3, -0.25) is 4.99 Å². The summed E-state index contributed by atoms with van der Waals surface area (Å²) in [5.41, 5.74) is 3.29. The highest BCUT2D eigenvalue weighted by molar-refractivity contribution is 5.59. The molecule has 0 radical (unpaired) electrons. The molecule has 1 aromatic rings. The Bertz CT molecular complexity index is 300. The highest BCUT2D eigenvalue weighted by atomic mass is 14.7. The number of nitrogens with zero attached hydrogens (tertiary/aromatic N) is 1. The van der Waals surface area contributed by atoms with E-state index in [0.717, 1.165) is 17.7 Å². The van der Waals surface area contributed by atoms with Crippen LogP contribution < -0.4 is 0 Å². The quantitative estimate of drug-likeness (QED) is 0.600. The van der Waals surface area contributed by atoms with Crippen LogP contribution in [0.4, 0.5) is 5.69 Å². The first kappa shape index (κ1) is 8.72. The van der Waals surface area contributed by atoms with E-state index < -0.39 is 0 Å². The van der Waals surface area contributed by atoms with Crippen LogP contribution in [0.2, 0.25) is 0 Å². The molecule has 0 unspecified atom stereocenters. The average molecular weight is 159 g/mol. The number of hydrogen-bond donors (Lipinski definition) is 0. The zero-order valence-electron chi connectivity index (χ0n) is 7.38. The zero-order chi connectivity index (χ0) is 8.97. The molecule has 0 atom stereocenters. The molecule has 1 aromatic carbocycles. The summed E-state index contributed by atoms with van der Waals surface area (Å²) in [5.74, 6) is 0. The van der Waals surface area contributed by atoms with Gasteiger partial charge in [0.05, 0.1) is 5.69 Å². The lowest BCUT2D eigenvalue weighted by atomic mass is 10.1. The van der Waals surface area contributed by atoms with E-state index in [9.17, 15) is 0 Å². The van der Waals surface area contributed by atoms with Crippen molar-refractivity contribution in [2.75, 3.05) is 0 Å². The highest BCUT2D eigenvalue weighted by Gasteiger charge is 1.97. The van der Waals surface area contributed by atoms with Gasteiger partial charge >= 0.3 is 0 Å². The molecular formula is C11H13N. The molecule has 1 heteroatoms. The molecule has 0 heterocycles. The summed E-state index contributed by atoms with van der Waals surface area (Å²) in [6, 6.07) is 6.11. The summed E-state index contributed by atoms with van der Waals surface area (Å²) in [6.07, 6.45) is 2.81. The highest BCUT2D eigenvalue weighted by Crippen LogP contribution is 2.21. The molecule has 0 fully saturated rings. The number of benzene rings is 1. The number of aryl methyl sites for hydroxylation is 1. The van der Waals surface area contributed by atoms with Gasteiger partial charge in [0.2, 0.25) is 0 Å². The Balaban J connectivity index is 3.18. The number of hydrogen-bond acceptors (Lipinski definition) is 1. The summed E-state index contributed by atoms with van der Waals surface area (Å²) < 4.78 is 0. The second kappa shape index (κ2) is 3.86. The molecule has 0 aromatic heterocycles. The van der Waals surface area contributed by atoms with Crippen molar-refractivity contribution in [2.24, 2.45) is 4.99 Å². The largest absolute Gasteiger partial charge is 0.264 e. The van der Waals surface area contributed by atoms with Crippen LogP contribution in [-0.4, -0.2) is 6.72 Å². The molecular weight excluding hydrogens is 146 g/mol. The Morgan fingerprint density at radius 1 is 1.50 bits per heavy atom. The van der Waals surface area contributed by atoms with Gasteiger partial charge in [-0.1, -0.05) is 31.7 Å². The van der Waals surface area contributed by atoms with Crippen molar-refractivity contribution < 1.29 is 0 Å².